The number of nitrogens with two attached hydrogens (primary N) is 1. The van der Waals surface area contributed by atoms with Crippen LogP contribution in [0.25, 0.3) is 0 Å². The highest BCUT2D eigenvalue weighted by Crippen LogP contribution is 2.30. The first-order valence-corrected chi connectivity index (χ1v) is 7.20. The molecule has 2 fully saturated rings. The fourth-order valence-electron chi connectivity index (χ4n) is 2.79. The van der Waals surface area contributed by atoms with Gasteiger partial charge in [-0.2, -0.15) is 0 Å². The number of benzene rings is 1. The number of rotatable bonds is 5. The van der Waals surface area contributed by atoms with Crippen LogP contribution in [0.5, 0.6) is 0 Å². The average Bonchev–Trinajstić information content (AvgIpc) is 3.12. The molecule has 5 heteroatoms. The summed E-state index contributed by atoms with van der Waals surface area (Å²) in [6, 6.07) is 5.76. The van der Waals surface area contributed by atoms with Gasteiger partial charge in [-0.25, -0.2) is 4.39 Å². The summed E-state index contributed by atoms with van der Waals surface area (Å²) in [7, 11) is 0. The van der Waals surface area contributed by atoms with Crippen LogP contribution in [0.15, 0.2) is 18.2 Å². The zero-order valence-electron chi connectivity index (χ0n) is 11.4. The molecule has 0 radical (unpaired) electrons. The van der Waals surface area contributed by atoms with Gasteiger partial charge in [0.2, 0.25) is 5.91 Å². The molecule has 1 saturated heterocycles. The molecule has 0 spiro atoms. The van der Waals surface area contributed by atoms with Gasteiger partial charge in [-0.1, -0.05) is 12.1 Å². The lowest BCUT2D eigenvalue weighted by Crippen LogP contribution is -2.29. The summed E-state index contributed by atoms with van der Waals surface area (Å²) in [5.41, 5.74) is 6.94. The molecule has 20 heavy (non-hydrogen) atoms. The van der Waals surface area contributed by atoms with Crippen molar-refractivity contribution in [3.8, 4) is 0 Å². The van der Waals surface area contributed by atoms with Crippen molar-refractivity contribution >= 4 is 11.6 Å². The first kappa shape index (κ1) is 13.4. The number of carbonyl (C=O) groups excluding carboxylic acids is 1. The van der Waals surface area contributed by atoms with Gasteiger partial charge in [0.25, 0.3) is 0 Å². The van der Waals surface area contributed by atoms with Gasteiger partial charge >= 0.3 is 0 Å². The summed E-state index contributed by atoms with van der Waals surface area (Å²) in [5, 5.41) is 3.41. The maximum absolute atomic E-state index is 14.2. The smallest absolute Gasteiger partial charge is 0.222 e. The van der Waals surface area contributed by atoms with E-state index in [-0.39, 0.29) is 17.6 Å². The lowest BCUT2D eigenvalue weighted by Gasteiger charge is -2.22. The van der Waals surface area contributed by atoms with Crippen molar-refractivity contribution in [3.05, 3.63) is 29.6 Å². The molecule has 1 heterocycles. The molecule has 4 nitrogen and oxygen atoms in total. The third-order valence-electron chi connectivity index (χ3n) is 4.14. The van der Waals surface area contributed by atoms with E-state index in [9.17, 15) is 9.18 Å². The Balaban J connectivity index is 1.78. The summed E-state index contributed by atoms with van der Waals surface area (Å²) in [6.07, 6.45) is 3.12. The zero-order chi connectivity index (χ0) is 14.1. The molecule has 3 N–H and O–H groups in total. The highest BCUT2D eigenvalue weighted by Gasteiger charge is 2.29. The van der Waals surface area contributed by atoms with Crippen LogP contribution in [0.2, 0.25) is 0 Å². The van der Waals surface area contributed by atoms with E-state index >= 15 is 0 Å². The first-order valence-electron chi connectivity index (χ1n) is 7.20. The van der Waals surface area contributed by atoms with Gasteiger partial charge in [0.05, 0.1) is 11.6 Å². The van der Waals surface area contributed by atoms with Gasteiger partial charge in [-0.05, 0) is 30.9 Å². The Kier molecular flexibility index (Phi) is 3.61. The Labute approximate surface area is 118 Å². The van der Waals surface area contributed by atoms with Gasteiger partial charge in [-0.3, -0.25) is 4.79 Å². The van der Waals surface area contributed by atoms with Crippen molar-refractivity contribution in [1.82, 2.24) is 5.32 Å². The van der Waals surface area contributed by atoms with Crippen LogP contribution in [0, 0.1) is 11.7 Å². The molecule has 2 aliphatic rings. The van der Waals surface area contributed by atoms with Crippen molar-refractivity contribution in [2.45, 2.75) is 31.8 Å². The second kappa shape index (κ2) is 5.40. The monoisotopic (exact) mass is 277 g/mol. The predicted octanol–water partition coefficient (Wildman–Crippen LogP) is 1.39. The Bertz CT molecular complexity index is 516. The average molecular weight is 277 g/mol. The highest BCUT2D eigenvalue weighted by atomic mass is 19.1. The van der Waals surface area contributed by atoms with Crippen molar-refractivity contribution in [3.63, 3.8) is 0 Å². The van der Waals surface area contributed by atoms with Crippen LogP contribution in [0.3, 0.4) is 0 Å². The molecule has 1 unspecified atom stereocenters. The second-order valence-corrected chi connectivity index (χ2v) is 5.74. The minimum Gasteiger partial charge on any atom is -0.369 e. The standard InChI is InChI=1S/C15H20FN3O/c16-13-3-1-2-10(8-18-12-4-5-12)14(13)19-7-6-11(9-19)15(17)20/h1-3,11-12,18H,4-9H2,(H2,17,20). The first-order chi connectivity index (χ1) is 9.65. The molecule has 1 aromatic carbocycles. The quantitative estimate of drug-likeness (QED) is 0.855. The molecular weight excluding hydrogens is 257 g/mol. The van der Waals surface area contributed by atoms with E-state index in [4.69, 9.17) is 5.73 Å². The molecule has 0 aromatic heterocycles. The number of nitrogens with zero attached hydrogens (tertiary/aromatic N) is 1. The van der Waals surface area contributed by atoms with Crippen molar-refractivity contribution in [2.75, 3.05) is 18.0 Å². The predicted molar refractivity (Wildman–Crippen MR) is 75.8 cm³/mol. The number of nitrogens with one attached hydrogen (secondary N) is 1. The highest BCUT2D eigenvalue weighted by molar-refractivity contribution is 5.78. The molecule has 1 atom stereocenters. The Hall–Kier alpha value is -1.62. The fourth-order valence-corrected chi connectivity index (χ4v) is 2.79. The lowest BCUT2D eigenvalue weighted by atomic mass is 10.1. The minimum atomic E-state index is -0.290. The van der Waals surface area contributed by atoms with Gasteiger partial charge < -0.3 is 16.0 Å². The van der Waals surface area contributed by atoms with E-state index in [1.807, 2.05) is 11.0 Å². The molecule has 1 amide bonds. The summed E-state index contributed by atoms with van der Waals surface area (Å²) in [5.74, 6) is -0.675. The van der Waals surface area contributed by atoms with E-state index in [0.29, 0.717) is 37.8 Å². The fraction of sp³-hybridized carbons (Fsp3) is 0.533. The molecule has 108 valence electrons. The molecular formula is C15H20FN3O. The number of primary amides is 1. The number of para-hydroxylation sites is 1. The number of hydrogen-bond acceptors (Lipinski definition) is 3. The van der Waals surface area contributed by atoms with Gasteiger partial charge in [0.1, 0.15) is 5.82 Å². The Morgan fingerprint density at radius 3 is 2.85 bits per heavy atom. The van der Waals surface area contributed by atoms with E-state index in [1.54, 1.807) is 6.07 Å². The van der Waals surface area contributed by atoms with Crippen LogP contribution in [0.1, 0.15) is 24.8 Å². The third-order valence-corrected chi connectivity index (χ3v) is 4.14. The maximum Gasteiger partial charge on any atom is 0.222 e. The second-order valence-electron chi connectivity index (χ2n) is 5.74. The maximum atomic E-state index is 14.2. The number of amides is 1. The largest absolute Gasteiger partial charge is 0.369 e. The van der Waals surface area contributed by atoms with Crippen molar-refractivity contribution in [1.29, 1.82) is 0 Å². The number of carbonyl (C=O) groups is 1. The molecule has 0 bridgehead atoms. The zero-order valence-corrected chi connectivity index (χ0v) is 11.4. The van der Waals surface area contributed by atoms with Crippen LogP contribution < -0.4 is 16.0 Å². The van der Waals surface area contributed by atoms with Crippen LogP contribution in [-0.2, 0) is 11.3 Å². The molecule has 1 aliphatic heterocycles. The van der Waals surface area contributed by atoms with Crippen LogP contribution in [0.4, 0.5) is 10.1 Å². The molecule has 3 rings (SSSR count). The Morgan fingerprint density at radius 2 is 2.20 bits per heavy atom. The lowest BCUT2D eigenvalue weighted by molar-refractivity contribution is -0.121. The van der Waals surface area contributed by atoms with E-state index in [1.165, 1.54) is 18.9 Å². The molecule has 1 saturated carbocycles. The van der Waals surface area contributed by atoms with E-state index < -0.39 is 0 Å². The van der Waals surface area contributed by atoms with Crippen LogP contribution >= 0.6 is 0 Å². The van der Waals surface area contributed by atoms with Gasteiger partial charge in [0, 0.05) is 25.7 Å². The molecule has 1 aromatic rings. The third kappa shape index (κ3) is 2.77. The summed E-state index contributed by atoms with van der Waals surface area (Å²) in [6.45, 7) is 1.88. The van der Waals surface area contributed by atoms with Gasteiger partial charge in [-0.15, -0.1) is 0 Å². The number of anilines is 1. The van der Waals surface area contributed by atoms with Crippen molar-refractivity contribution < 1.29 is 9.18 Å². The summed E-state index contributed by atoms with van der Waals surface area (Å²) < 4.78 is 14.2. The molecule has 1 aliphatic carbocycles. The minimum absolute atomic E-state index is 0.168. The topological polar surface area (TPSA) is 58.4 Å². The summed E-state index contributed by atoms with van der Waals surface area (Å²) in [4.78, 5) is 13.2. The Morgan fingerprint density at radius 1 is 1.40 bits per heavy atom. The number of hydrogen-bond donors (Lipinski definition) is 2. The van der Waals surface area contributed by atoms with Crippen molar-refractivity contribution in [2.24, 2.45) is 11.7 Å². The normalized spacial score (nSPS) is 22.2. The van der Waals surface area contributed by atoms with E-state index in [2.05, 4.69) is 5.32 Å². The SMILES string of the molecule is NC(=O)C1CCN(c2c(F)cccc2CNC2CC2)C1. The van der Waals surface area contributed by atoms with Crippen LogP contribution in [-0.4, -0.2) is 25.0 Å². The van der Waals surface area contributed by atoms with Gasteiger partial charge in [0.15, 0.2) is 0 Å². The number of halogens is 1. The summed E-state index contributed by atoms with van der Waals surface area (Å²) >= 11 is 0. The van der Waals surface area contributed by atoms with E-state index in [0.717, 1.165) is 5.56 Å².